The van der Waals surface area contributed by atoms with Crippen molar-refractivity contribution in [2.75, 3.05) is 13.1 Å². The van der Waals surface area contributed by atoms with Gasteiger partial charge in [0, 0.05) is 18.1 Å². The van der Waals surface area contributed by atoms with Crippen molar-refractivity contribution in [1.82, 2.24) is 4.31 Å². The van der Waals surface area contributed by atoms with Crippen LogP contribution < -0.4 is 0 Å². The maximum atomic E-state index is 12.7. The maximum absolute atomic E-state index is 12.7. The molecule has 3 rings (SSSR count). The number of aryl methyl sites for hydroxylation is 1. The second-order valence-electron chi connectivity index (χ2n) is 6.26. The normalized spacial score (nSPS) is 18.5. The van der Waals surface area contributed by atoms with E-state index in [2.05, 4.69) is 0 Å². The van der Waals surface area contributed by atoms with Crippen molar-refractivity contribution in [2.24, 2.45) is 0 Å². The molecule has 0 saturated carbocycles. The highest BCUT2D eigenvalue weighted by molar-refractivity contribution is 7.89. The van der Waals surface area contributed by atoms with E-state index in [-0.39, 0.29) is 13.1 Å². The van der Waals surface area contributed by atoms with Gasteiger partial charge in [-0.2, -0.15) is 4.31 Å². The van der Waals surface area contributed by atoms with E-state index in [1.165, 1.54) is 4.31 Å². The van der Waals surface area contributed by atoms with Gasteiger partial charge in [-0.05, 0) is 49.6 Å². The van der Waals surface area contributed by atoms with Crippen molar-refractivity contribution < 1.29 is 13.5 Å². The molecule has 2 aromatic rings. The Hall–Kier alpha value is -1.40. The zero-order valence-electron chi connectivity index (χ0n) is 13.4. The van der Waals surface area contributed by atoms with Gasteiger partial charge in [0.15, 0.2) is 0 Å². The molecule has 128 valence electrons. The Kier molecular flexibility index (Phi) is 4.71. The van der Waals surface area contributed by atoms with Crippen LogP contribution in [0.4, 0.5) is 0 Å². The van der Waals surface area contributed by atoms with Gasteiger partial charge in [0.05, 0.1) is 10.5 Å². The summed E-state index contributed by atoms with van der Waals surface area (Å²) in [6, 6.07) is 13.9. The molecule has 1 aliphatic rings. The molecule has 1 saturated heterocycles. The predicted molar refractivity (Wildman–Crippen MR) is 94.5 cm³/mol. The van der Waals surface area contributed by atoms with Crippen LogP contribution in [0.2, 0.25) is 5.02 Å². The third-order valence-corrected chi connectivity index (χ3v) is 6.75. The minimum atomic E-state index is -3.52. The van der Waals surface area contributed by atoms with Crippen LogP contribution in [0.3, 0.4) is 0 Å². The topological polar surface area (TPSA) is 57.6 Å². The first-order valence-corrected chi connectivity index (χ1v) is 9.68. The fourth-order valence-electron chi connectivity index (χ4n) is 3.00. The third kappa shape index (κ3) is 3.35. The molecule has 1 fully saturated rings. The monoisotopic (exact) mass is 365 g/mol. The standard InChI is InChI=1S/C18H20ClNO3S/c1-14-2-8-17(9-3-14)24(22,23)20-12-10-18(21,11-13-20)15-4-6-16(19)7-5-15/h2-9,21H,10-13H2,1H3. The lowest BCUT2D eigenvalue weighted by Gasteiger charge is -2.37. The molecular formula is C18H20ClNO3S. The van der Waals surface area contributed by atoms with E-state index in [9.17, 15) is 13.5 Å². The SMILES string of the molecule is Cc1ccc(S(=O)(=O)N2CCC(O)(c3ccc(Cl)cc3)CC2)cc1. The number of halogens is 1. The molecule has 0 aromatic heterocycles. The zero-order valence-corrected chi connectivity index (χ0v) is 15.0. The minimum Gasteiger partial charge on any atom is -0.385 e. The van der Waals surface area contributed by atoms with Crippen LogP contribution in [0.15, 0.2) is 53.4 Å². The number of sulfonamides is 1. The van der Waals surface area contributed by atoms with Crippen molar-refractivity contribution in [3.8, 4) is 0 Å². The van der Waals surface area contributed by atoms with Crippen LogP contribution >= 0.6 is 11.6 Å². The van der Waals surface area contributed by atoms with Crippen molar-refractivity contribution in [3.63, 3.8) is 0 Å². The maximum Gasteiger partial charge on any atom is 0.243 e. The first-order chi connectivity index (χ1) is 11.3. The fourth-order valence-corrected chi connectivity index (χ4v) is 4.57. The number of hydrogen-bond donors (Lipinski definition) is 1. The van der Waals surface area contributed by atoms with Gasteiger partial charge in [0.25, 0.3) is 0 Å². The van der Waals surface area contributed by atoms with E-state index in [1.54, 1.807) is 48.5 Å². The Bertz CT molecular complexity index is 808. The van der Waals surface area contributed by atoms with Gasteiger partial charge >= 0.3 is 0 Å². The third-order valence-electron chi connectivity index (χ3n) is 4.59. The van der Waals surface area contributed by atoms with E-state index in [4.69, 9.17) is 11.6 Å². The highest BCUT2D eigenvalue weighted by atomic mass is 35.5. The number of benzene rings is 2. The van der Waals surface area contributed by atoms with Crippen LogP contribution in [0, 0.1) is 6.92 Å². The Morgan fingerprint density at radius 3 is 2.08 bits per heavy atom. The second-order valence-corrected chi connectivity index (χ2v) is 8.63. The van der Waals surface area contributed by atoms with Crippen molar-refractivity contribution >= 4 is 21.6 Å². The van der Waals surface area contributed by atoms with Crippen LogP contribution in [-0.4, -0.2) is 30.9 Å². The van der Waals surface area contributed by atoms with E-state index in [0.717, 1.165) is 11.1 Å². The average Bonchev–Trinajstić information content (AvgIpc) is 2.56. The van der Waals surface area contributed by atoms with E-state index in [1.807, 2.05) is 6.92 Å². The van der Waals surface area contributed by atoms with Gasteiger partial charge in [-0.25, -0.2) is 8.42 Å². The molecule has 0 aliphatic carbocycles. The molecule has 0 atom stereocenters. The van der Waals surface area contributed by atoms with Gasteiger partial charge in [-0.3, -0.25) is 0 Å². The summed E-state index contributed by atoms with van der Waals surface area (Å²) in [5, 5.41) is 11.5. The smallest absolute Gasteiger partial charge is 0.243 e. The van der Waals surface area contributed by atoms with E-state index in [0.29, 0.717) is 22.8 Å². The van der Waals surface area contributed by atoms with Crippen molar-refractivity contribution in [3.05, 3.63) is 64.7 Å². The predicted octanol–water partition coefficient (Wildman–Crippen LogP) is 3.32. The Balaban J connectivity index is 1.76. The summed E-state index contributed by atoms with van der Waals surface area (Å²) in [4.78, 5) is 0.296. The number of rotatable bonds is 3. The fraction of sp³-hybridized carbons (Fsp3) is 0.333. The average molecular weight is 366 g/mol. The summed E-state index contributed by atoms with van der Waals surface area (Å²) in [5.74, 6) is 0. The second kappa shape index (κ2) is 6.48. The Morgan fingerprint density at radius 2 is 1.54 bits per heavy atom. The molecule has 1 N–H and O–H groups in total. The van der Waals surface area contributed by atoms with Gasteiger partial charge in [-0.1, -0.05) is 41.4 Å². The zero-order chi connectivity index (χ0) is 17.4. The molecule has 0 unspecified atom stereocenters. The van der Waals surface area contributed by atoms with Crippen molar-refractivity contribution in [1.29, 1.82) is 0 Å². The summed E-state index contributed by atoms with van der Waals surface area (Å²) >= 11 is 5.89. The molecule has 1 aliphatic heterocycles. The molecule has 2 aromatic carbocycles. The number of nitrogens with zero attached hydrogens (tertiary/aromatic N) is 1. The quantitative estimate of drug-likeness (QED) is 0.907. The summed E-state index contributed by atoms with van der Waals surface area (Å²) < 4.78 is 26.9. The summed E-state index contributed by atoms with van der Waals surface area (Å²) in [7, 11) is -3.52. The largest absolute Gasteiger partial charge is 0.385 e. The summed E-state index contributed by atoms with van der Waals surface area (Å²) in [5.41, 5.74) is 0.785. The highest BCUT2D eigenvalue weighted by Gasteiger charge is 2.38. The first kappa shape index (κ1) is 17.4. The lowest BCUT2D eigenvalue weighted by molar-refractivity contribution is -0.00961. The molecule has 24 heavy (non-hydrogen) atoms. The molecule has 1 heterocycles. The van der Waals surface area contributed by atoms with Crippen LogP contribution in [0.25, 0.3) is 0 Å². The van der Waals surface area contributed by atoms with Crippen LogP contribution in [0.5, 0.6) is 0 Å². The minimum absolute atomic E-state index is 0.287. The number of aliphatic hydroxyl groups is 1. The van der Waals surface area contributed by atoms with Gasteiger partial charge in [-0.15, -0.1) is 0 Å². The van der Waals surface area contributed by atoms with Crippen LogP contribution in [-0.2, 0) is 15.6 Å². The number of piperidine rings is 1. The number of hydrogen-bond acceptors (Lipinski definition) is 3. The summed E-state index contributed by atoms with van der Waals surface area (Å²) in [6.07, 6.45) is 0.722. The van der Waals surface area contributed by atoms with Gasteiger partial charge in [0.2, 0.25) is 10.0 Å². The van der Waals surface area contributed by atoms with Gasteiger partial charge < -0.3 is 5.11 Å². The molecule has 6 heteroatoms. The molecular weight excluding hydrogens is 346 g/mol. The van der Waals surface area contributed by atoms with E-state index < -0.39 is 15.6 Å². The Labute approximate surface area is 147 Å². The molecule has 0 bridgehead atoms. The van der Waals surface area contributed by atoms with Crippen LogP contribution in [0.1, 0.15) is 24.0 Å². The summed E-state index contributed by atoms with van der Waals surface area (Å²) in [6.45, 7) is 2.49. The molecule has 0 amide bonds. The lowest BCUT2D eigenvalue weighted by atomic mass is 9.85. The molecule has 0 radical (unpaired) electrons. The van der Waals surface area contributed by atoms with Crippen molar-refractivity contribution in [2.45, 2.75) is 30.3 Å². The molecule has 0 spiro atoms. The molecule has 4 nitrogen and oxygen atoms in total. The van der Waals surface area contributed by atoms with Gasteiger partial charge in [0.1, 0.15) is 0 Å². The Morgan fingerprint density at radius 1 is 1.00 bits per heavy atom. The van der Waals surface area contributed by atoms with E-state index >= 15 is 0 Å². The first-order valence-electron chi connectivity index (χ1n) is 7.86. The highest BCUT2D eigenvalue weighted by Crippen LogP contribution is 2.35. The lowest BCUT2D eigenvalue weighted by Crippen LogP contribution is -2.45.